The predicted octanol–water partition coefficient (Wildman–Crippen LogP) is 2.86. The van der Waals surface area contributed by atoms with Gasteiger partial charge in [-0.15, -0.1) is 0 Å². The van der Waals surface area contributed by atoms with E-state index in [1.54, 1.807) is 25.1 Å². The molecule has 0 aromatic heterocycles. The highest BCUT2D eigenvalue weighted by Crippen LogP contribution is 2.61. The fourth-order valence-corrected chi connectivity index (χ4v) is 3.97. The number of oxime groups is 1. The molecule has 1 fully saturated rings. The van der Waals surface area contributed by atoms with Gasteiger partial charge in [-0.1, -0.05) is 36.7 Å². The molecule has 2 atom stereocenters. The van der Waals surface area contributed by atoms with Gasteiger partial charge in [0.15, 0.2) is 5.78 Å². The first-order chi connectivity index (χ1) is 10.6. The molecule has 0 amide bonds. The van der Waals surface area contributed by atoms with Crippen LogP contribution in [0.2, 0.25) is 0 Å². The van der Waals surface area contributed by atoms with E-state index in [0.717, 1.165) is 5.56 Å². The van der Waals surface area contributed by atoms with Crippen molar-refractivity contribution in [1.82, 2.24) is 0 Å². The second-order valence-electron chi connectivity index (χ2n) is 6.83. The molecule has 1 saturated carbocycles. The molecule has 2 aliphatic carbocycles. The minimum atomic E-state index is -3.95. The normalized spacial score (nSPS) is 27.4. The first-order valence-electron chi connectivity index (χ1n) is 7.45. The van der Waals surface area contributed by atoms with Gasteiger partial charge in [0.1, 0.15) is 4.90 Å². The van der Waals surface area contributed by atoms with Gasteiger partial charge < -0.3 is 0 Å². The van der Waals surface area contributed by atoms with E-state index in [4.69, 9.17) is 4.28 Å². The van der Waals surface area contributed by atoms with Crippen LogP contribution in [0.3, 0.4) is 0 Å². The zero-order valence-electron chi connectivity index (χ0n) is 13.5. The number of ketones is 1. The van der Waals surface area contributed by atoms with Crippen LogP contribution < -0.4 is 0 Å². The minimum absolute atomic E-state index is 0.0617. The van der Waals surface area contributed by atoms with Crippen molar-refractivity contribution in [2.24, 2.45) is 22.4 Å². The van der Waals surface area contributed by atoms with E-state index >= 15 is 0 Å². The largest absolute Gasteiger partial charge is 0.358 e. The van der Waals surface area contributed by atoms with Crippen molar-refractivity contribution >= 4 is 21.6 Å². The topological polar surface area (TPSA) is 72.8 Å². The molecule has 0 heterocycles. The summed E-state index contributed by atoms with van der Waals surface area (Å²) in [5.74, 6) is -0.0933. The number of hydrogen-bond donors (Lipinski definition) is 0. The molecule has 1 aromatic rings. The van der Waals surface area contributed by atoms with Gasteiger partial charge in [0, 0.05) is 11.8 Å². The summed E-state index contributed by atoms with van der Waals surface area (Å²) in [6, 6.07) is 6.37. The molecule has 122 valence electrons. The lowest BCUT2D eigenvalue weighted by Gasteiger charge is -2.09. The standard InChI is InChI=1S/C17H19NO4S/c1-10-5-7-12(8-6-10)23(20,21)22-18-13-9-11(2)16(19)15-14(13)17(15,3)4/h5-9,14-15H,1-4H3/t14-,15+/m1/s1. The first kappa shape index (κ1) is 15.9. The molecule has 0 bridgehead atoms. The highest BCUT2D eigenvalue weighted by molar-refractivity contribution is 7.86. The van der Waals surface area contributed by atoms with Crippen molar-refractivity contribution in [3.63, 3.8) is 0 Å². The average molecular weight is 333 g/mol. The molecule has 5 nitrogen and oxygen atoms in total. The third-order valence-corrected chi connectivity index (χ3v) is 5.85. The van der Waals surface area contributed by atoms with Crippen molar-refractivity contribution in [1.29, 1.82) is 0 Å². The number of aryl methyl sites for hydroxylation is 1. The quantitative estimate of drug-likeness (QED) is 0.797. The Hall–Kier alpha value is -1.95. The van der Waals surface area contributed by atoms with Crippen molar-refractivity contribution in [3.05, 3.63) is 41.5 Å². The summed E-state index contributed by atoms with van der Waals surface area (Å²) in [5.41, 5.74) is 1.86. The average Bonchev–Trinajstić information content (AvgIpc) is 3.05. The first-order valence-corrected chi connectivity index (χ1v) is 8.86. The molecule has 0 aliphatic heterocycles. The number of carbonyl (C=O) groups is 1. The van der Waals surface area contributed by atoms with E-state index in [2.05, 4.69) is 5.16 Å². The summed E-state index contributed by atoms with van der Waals surface area (Å²) in [7, 11) is -3.95. The molecule has 1 aromatic carbocycles. The van der Waals surface area contributed by atoms with Crippen molar-refractivity contribution in [2.75, 3.05) is 0 Å². The van der Waals surface area contributed by atoms with Gasteiger partial charge in [0.05, 0.1) is 5.71 Å². The molecular weight excluding hydrogens is 314 g/mol. The molecule has 6 heteroatoms. The number of carbonyl (C=O) groups excluding carboxylic acids is 1. The number of hydrogen-bond acceptors (Lipinski definition) is 5. The van der Waals surface area contributed by atoms with Crippen LogP contribution in [-0.2, 0) is 19.2 Å². The number of Topliss-reactive ketones (excluding diaryl/α,β-unsaturated/α-hetero) is 1. The van der Waals surface area contributed by atoms with Crippen LogP contribution >= 0.6 is 0 Å². The lowest BCUT2D eigenvalue weighted by Crippen LogP contribution is -2.16. The van der Waals surface area contributed by atoms with Gasteiger partial charge in [-0.25, -0.2) is 0 Å². The Morgan fingerprint density at radius 1 is 1.09 bits per heavy atom. The molecule has 0 unspecified atom stereocenters. The van der Waals surface area contributed by atoms with Gasteiger partial charge in [-0.3, -0.25) is 9.08 Å². The highest BCUT2D eigenvalue weighted by Gasteiger charge is 2.65. The molecule has 3 rings (SSSR count). The lowest BCUT2D eigenvalue weighted by molar-refractivity contribution is -0.117. The van der Waals surface area contributed by atoms with Gasteiger partial charge in [0.2, 0.25) is 0 Å². The van der Waals surface area contributed by atoms with Crippen LogP contribution in [0.1, 0.15) is 26.3 Å². The summed E-state index contributed by atoms with van der Waals surface area (Å²) < 4.78 is 29.3. The minimum Gasteiger partial charge on any atom is -0.294 e. The Morgan fingerprint density at radius 3 is 2.30 bits per heavy atom. The van der Waals surface area contributed by atoms with Gasteiger partial charge >= 0.3 is 10.1 Å². The monoisotopic (exact) mass is 333 g/mol. The van der Waals surface area contributed by atoms with Crippen LogP contribution in [0.5, 0.6) is 0 Å². The van der Waals surface area contributed by atoms with Crippen molar-refractivity contribution < 1.29 is 17.5 Å². The Labute approximate surface area is 136 Å². The van der Waals surface area contributed by atoms with Crippen molar-refractivity contribution in [3.8, 4) is 0 Å². The third-order valence-electron chi connectivity index (χ3n) is 4.73. The van der Waals surface area contributed by atoms with Crippen LogP contribution in [0.25, 0.3) is 0 Å². The Morgan fingerprint density at radius 2 is 1.70 bits per heavy atom. The molecule has 23 heavy (non-hydrogen) atoms. The summed E-state index contributed by atoms with van der Waals surface area (Å²) in [6.45, 7) is 7.56. The number of fused-ring (bicyclic) bond motifs is 1. The van der Waals surface area contributed by atoms with Crippen LogP contribution in [-0.4, -0.2) is 19.9 Å². The van der Waals surface area contributed by atoms with Gasteiger partial charge in [0.25, 0.3) is 0 Å². The molecule has 0 spiro atoms. The highest BCUT2D eigenvalue weighted by atomic mass is 32.2. The number of nitrogens with zero attached hydrogens (tertiary/aromatic N) is 1. The van der Waals surface area contributed by atoms with Crippen LogP contribution in [0.15, 0.2) is 46.0 Å². The summed E-state index contributed by atoms with van der Waals surface area (Å²) in [5, 5.41) is 3.86. The Balaban J connectivity index is 1.88. The second kappa shape index (κ2) is 5.03. The van der Waals surface area contributed by atoms with E-state index in [-0.39, 0.29) is 27.9 Å². The number of benzene rings is 1. The maximum Gasteiger partial charge on any atom is 0.358 e. The van der Waals surface area contributed by atoms with Gasteiger partial charge in [-0.05, 0) is 43.0 Å². The fraction of sp³-hybridized carbons (Fsp3) is 0.412. The lowest BCUT2D eigenvalue weighted by atomic mass is 9.98. The van der Waals surface area contributed by atoms with Crippen molar-refractivity contribution in [2.45, 2.75) is 32.6 Å². The smallest absolute Gasteiger partial charge is 0.294 e. The van der Waals surface area contributed by atoms with E-state index in [1.807, 2.05) is 20.8 Å². The SMILES string of the molecule is CC1=CC(=NOS(=O)(=O)c2ccc(C)cc2)[C@@H]2[C@@H](C1=O)C2(C)C. The molecular formula is C17H19NO4S. The fourth-order valence-electron chi connectivity index (χ4n) is 3.23. The third kappa shape index (κ3) is 2.61. The predicted molar refractivity (Wildman–Crippen MR) is 86.4 cm³/mol. The molecule has 2 aliphatic rings. The van der Waals surface area contributed by atoms with E-state index in [0.29, 0.717) is 11.3 Å². The van der Waals surface area contributed by atoms with Crippen LogP contribution in [0.4, 0.5) is 0 Å². The summed E-state index contributed by atoms with van der Waals surface area (Å²) in [6.07, 6.45) is 1.63. The van der Waals surface area contributed by atoms with E-state index in [9.17, 15) is 13.2 Å². The summed E-state index contributed by atoms with van der Waals surface area (Å²) in [4.78, 5) is 12.2. The Bertz CT molecular complexity index is 832. The molecule has 0 radical (unpaired) electrons. The van der Waals surface area contributed by atoms with Gasteiger partial charge in [-0.2, -0.15) is 8.42 Å². The second-order valence-corrected chi connectivity index (χ2v) is 8.35. The number of rotatable bonds is 3. The number of allylic oxidation sites excluding steroid dienone is 2. The van der Waals surface area contributed by atoms with E-state index < -0.39 is 10.1 Å². The summed E-state index contributed by atoms with van der Waals surface area (Å²) >= 11 is 0. The maximum absolute atomic E-state index is 12.2. The van der Waals surface area contributed by atoms with E-state index in [1.165, 1.54) is 12.1 Å². The zero-order chi connectivity index (χ0) is 17.0. The maximum atomic E-state index is 12.2. The zero-order valence-corrected chi connectivity index (χ0v) is 14.3. The molecule has 0 saturated heterocycles. The molecule has 0 N–H and O–H groups in total. The Kier molecular flexibility index (Phi) is 3.48. The van der Waals surface area contributed by atoms with Crippen LogP contribution in [0, 0.1) is 24.2 Å².